The fraction of sp³-hybridized carbons (Fsp3) is 0.908. The van der Waals surface area contributed by atoms with Crippen molar-refractivity contribution >= 4 is 17.9 Å². The summed E-state index contributed by atoms with van der Waals surface area (Å²) in [6, 6.07) is 0. The van der Waals surface area contributed by atoms with Crippen LogP contribution in [0.15, 0.2) is 24.3 Å². The molecule has 0 aromatic carbocycles. The molecule has 0 rings (SSSR count). The lowest BCUT2D eigenvalue weighted by molar-refractivity contribution is -0.167. The molecule has 0 saturated heterocycles. The maximum Gasteiger partial charge on any atom is 0.306 e. The fourth-order valence-electron chi connectivity index (χ4n) is 11.6. The lowest BCUT2D eigenvalue weighted by Gasteiger charge is -2.18. The third-order valence-electron chi connectivity index (χ3n) is 17.2. The Hall–Kier alpha value is -2.11. The van der Waals surface area contributed by atoms with Crippen LogP contribution in [0, 0.1) is 0 Å². The van der Waals surface area contributed by atoms with E-state index in [1.807, 2.05) is 0 Å². The first-order chi connectivity index (χ1) is 40.5. The summed E-state index contributed by atoms with van der Waals surface area (Å²) in [5.74, 6) is -0.855. The van der Waals surface area contributed by atoms with Gasteiger partial charge in [-0.25, -0.2) is 0 Å². The molecule has 0 bridgehead atoms. The van der Waals surface area contributed by atoms with Crippen molar-refractivity contribution in [3.05, 3.63) is 24.3 Å². The smallest absolute Gasteiger partial charge is 0.306 e. The standard InChI is InChI=1S/C76H144O6/c1-4-7-10-13-16-19-22-24-26-28-30-31-32-33-34-35-36-37-38-39-40-41-42-43-44-45-47-48-50-52-54-57-60-63-66-69-75(78)81-72-73(71-80-74(77)68-65-62-59-56-21-18-15-12-9-6-3)82-76(79)70-67-64-61-58-55-53-51-49-46-29-27-25-23-20-17-14-11-8-5-2/h12,15,25,27,73H,4-11,13-14,16-24,26,28-72H2,1-3H3/b15-12-,27-25-. The highest BCUT2D eigenvalue weighted by Crippen LogP contribution is 2.19. The molecule has 0 heterocycles. The maximum atomic E-state index is 12.9. The molecule has 0 spiro atoms. The Morgan fingerprint density at radius 1 is 0.232 bits per heavy atom. The number of rotatable bonds is 70. The monoisotopic (exact) mass is 1150 g/mol. The van der Waals surface area contributed by atoms with Gasteiger partial charge in [0.1, 0.15) is 13.2 Å². The van der Waals surface area contributed by atoms with Crippen molar-refractivity contribution in [2.45, 2.75) is 431 Å². The summed E-state index contributed by atoms with van der Waals surface area (Å²) in [5, 5.41) is 0. The van der Waals surface area contributed by atoms with Crippen LogP contribution in [0.2, 0.25) is 0 Å². The number of unbranched alkanes of at least 4 members (excludes halogenated alkanes) is 55. The molecule has 1 atom stereocenters. The van der Waals surface area contributed by atoms with Gasteiger partial charge in [-0.1, -0.05) is 366 Å². The molecule has 0 fully saturated rings. The van der Waals surface area contributed by atoms with Crippen molar-refractivity contribution in [2.75, 3.05) is 13.2 Å². The van der Waals surface area contributed by atoms with Crippen molar-refractivity contribution in [2.24, 2.45) is 0 Å². The van der Waals surface area contributed by atoms with Crippen LogP contribution in [-0.2, 0) is 28.6 Å². The van der Waals surface area contributed by atoms with Gasteiger partial charge < -0.3 is 14.2 Å². The minimum absolute atomic E-state index is 0.0697. The van der Waals surface area contributed by atoms with Gasteiger partial charge in [-0.2, -0.15) is 0 Å². The number of allylic oxidation sites excluding steroid dienone is 4. The molecule has 0 radical (unpaired) electrons. The highest BCUT2D eigenvalue weighted by molar-refractivity contribution is 5.71. The minimum Gasteiger partial charge on any atom is -0.462 e. The summed E-state index contributed by atoms with van der Waals surface area (Å²) < 4.78 is 16.9. The Kier molecular flexibility index (Phi) is 69.5. The quantitative estimate of drug-likeness (QED) is 0.0261. The van der Waals surface area contributed by atoms with E-state index in [0.29, 0.717) is 19.3 Å². The Morgan fingerprint density at radius 2 is 0.427 bits per heavy atom. The van der Waals surface area contributed by atoms with Crippen molar-refractivity contribution in [3.8, 4) is 0 Å². The second-order valence-electron chi connectivity index (χ2n) is 25.6. The van der Waals surface area contributed by atoms with Gasteiger partial charge >= 0.3 is 17.9 Å². The van der Waals surface area contributed by atoms with Crippen LogP contribution in [0.5, 0.6) is 0 Å². The Labute approximate surface area is 513 Å². The van der Waals surface area contributed by atoms with Gasteiger partial charge in [0, 0.05) is 19.3 Å². The number of esters is 3. The van der Waals surface area contributed by atoms with Crippen LogP contribution in [-0.4, -0.2) is 37.2 Å². The lowest BCUT2D eigenvalue weighted by atomic mass is 10.0. The van der Waals surface area contributed by atoms with E-state index in [-0.39, 0.29) is 31.1 Å². The first-order valence-electron chi connectivity index (χ1n) is 37.3. The average Bonchev–Trinajstić information content (AvgIpc) is 3.47. The zero-order chi connectivity index (χ0) is 59.2. The van der Waals surface area contributed by atoms with Crippen LogP contribution < -0.4 is 0 Å². The average molecular weight is 1150 g/mol. The largest absolute Gasteiger partial charge is 0.462 e. The molecule has 0 amide bonds. The predicted molar refractivity (Wildman–Crippen MR) is 358 cm³/mol. The molecule has 0 aliphatic carbocycles. The van der Waals surface area contributed by atoms with Crippen LogP contribution in [0.4, 0.5) is 0 Å². The first-order valence-corrected chi connectivity index (χ1v) is 37.3. The van der Waals surface area contributed by atoms with E-state index in [2.05, 4.69) is 45.1 Å². The number of carbonyl (C=O) groups excluding carboxylic acids is 3. The summed E-state index contributed by atoms with van der Waals surface area (Å²) in [4.78, 5) is 38.3. The topological polar surface area (TPSA) is 78.9 Å². The second-order valence-corrected chi connectivity index (χ2v) is 25.6. The summed E-state index contributed by atoms with van der Waals surface area (Å²) >= 11 is 0. The third kappa shape index (κ3) is 68.7. The molecule has 6 nitrogen and oxygen atoms in total. The maximum absolute atomic E-state index is 12.9. The number of carbonyl (C=O) groups is 3. The van der Waals surface area contributed by atoms with Crippen molar-refractivity contribution in [1.82, 2.24) is 0 Å². The molecular formula is C76H144O6. The normalized spacial score (nSPS) is 12.1. The molecule has 0 N–H and O–H groups in total. The molecule has 6 heteroatoms. The van der Waals surface area contributed by atoms with Gasteiger partial charge in [0.15, 0.2) is 6.10 Å². The zero-order valence-corrected chi connectivity index (χ0v) is 55.8. The zero-order valence-electron chi connectivity index (χ0n) is 55.8. The van der Waals surface area contributed by atoms with Crippen LogP contribution in [0.25, 0.3) is 0 Å². The molecule has 0 aliphatic rings. The van der Waals surface area contributed by atoms with Gasteiger partial charge in [0.2, 0.25) is 0 Å². The van der Waals surface area contributed by atoms with Crippen molar-refractivity contribution in [3.63, 3.8) is 0 Å². The van der Waals surface area contributed by atoms with Gasteiger partial charge in [-0.3, -0.25) is 14.4 Å². The van der Waals surface area contributed by atoms with Crippen LogP contribution >= 0.6 is 0 Å². The summed E-state index contributed by atoms with van der Waals surface area (Å²) in [6.07, 6.45) is 88.3. The predicted octanol–water partition coefficient (Wildman–Crippen LogP) is 25.7. The van der Waals surface area contributed by atoms with E-state index >= 15 is 0 Å². The number of hydrogen-bond donors (Lipinski definition) is 0. The van der Waals surface area contributed by atoms with Crippen molar-refractivity contribution in [1.29, 1.82) is 0 Å². The first kappa shape index (κ1) is 79.9. The Balaban J connectivity index is 4.00. The SMILES string of the molecule is CCC/C=C\CCCCCCCC(=O)OCC(COC(=O)CCCCCCCCCCCCCCCCCCCCCCCCCCCCCCCCCCCCC)OC(=O)CCCCCCCCCCC/C=C\CCCCCCCC. The molecular weight excluding hydrogens is 1010 g/mol. The van der Waals surface area contributed by atoms with E-state index < -0.39 is 6.10 Å². The Morgan fingerprint density at radius 3 is 0.659 bits per heavy atom. The Bertz CT molecular complexity index is 1320. The molecule has 0 aromatic rings. The highest BCUT2D eigenvalue weighted by Gasteiger charge is 2.20. The molecule has 0 aliphatic heterocycles. The third-order valence-corrected chi connectivity index (χ3v) is 17.2. The molecule has 82 heavy (non-hydrogen) atoms. The van der Waals surface area contributed by atoms with E-state index in [1.54, 1.807) is 0 Å². The van der Waals surface area contributed by atoms with Gasteiger partial charge in [0.25, 0.3) is 0 Å². The molecule has 0 saturated carbocycles. The summed E-state index contributed by atoms with van der Waals surface area (Å²) in [5.41, 5.74) is 0. The number of hydrogen-bond acceptors (Lipinski definition) is 6. The summed E-state index contributed by atoms with van der Waals surface area (Å²) in [7, 11) is 0. The molecule has 484 valence electrons. The van der Waals surface area contributed by atoms with E-state index in [1.165, 1.54) is 315 Å². The molecule has 0 aromatic heterocycles. The van der Waals surface area contributed by atoms with E-state index in [4.69, 9.17) is 14.2 Å². The highest BCUT2D eigenvalue weighted by atomic mass is 16.6. The van der Waals surface area contributed by atoms with Crippen molar-refractivity contribution < 1.29 is 28.6 Å². The summed E-state index contributed by atoms with van der Waals surface area (Å²) in [6.45, 7) is 6.64. The fourth-order valence-corrected chi connectivity index (χ4v) is 11.6. The van der Waals surface area contributed by atoms with Crippen LogP contribution in [0.1, 0.15) is 425 Å². The second kappa shape index (κ2) is 71.4. The lowest BCUT2D eigenvalue weighted by Crippen LogP contribution is -2.30. The molecule has 1 unspecified atom stereocenters. The van der Waals surface area contributed by atoms with Gasteiger partial charge in [-0.05, 0) is 64.2 Å². The van der Waals surface area contributed by atoms with E-state index in [0.717, 1.165) is 70.6 Å². The van der Waals surface area contributed by atoms with Crippen LogP contribution in [0.3, 0.4) is 0 Å². The minimum atomic E-state index is -0.773. The van der Waals surface area contributed by atoms with Gasteiger partial charge in [0.05, 0.1) is 0 Å². The van der Waals surface area contributed by atoms with Gasteiger partial charge in [-0.15, -0.1) is 0 Å². The number of ether oxygens (including phenoxy) is 3. The van der Waals surface area contributed by atoms with E-state index in [9.17, 15) is 14.4 Å².